The van der Waals surface area contributed by atoms with Gasteiger partial charge >= 0.3 is 0 Å². The predicted molar refractivity (Wildman–Crippen MR) is 140 cm³/mol. The van der Waals surface area contributed by atoms with Crippen molar-refractivity contribution < 1.29 is 9.84 Å². The monoisotopic (exact) mass is 488 g/mol. The van der Waals surface area contributed by atoms with Crippen molar-refractivity contribution in [3.05, 3.63) is 71.6 Å². The fourth-order valence-electron chi connectivity index (χ4n) is 4.24. The van der Waals surface area contributed by atoms with E-state index in [9.17, 15) is 5.11 Å². The first-order valence-corrected chi connectivity index (χ1v) is 11.9. The molecule has 2 aromatic heterocycles. The number of piperazine rings is 1. The summed E-state index contributed by atoms with van der Waals surface area (Å²) in [6.45, 7) is 5.18. The molecule has 1 fully saturated rings. The Morgan fingerprint density at radius 2 is 1.89 bits per heavy atom. The van der Waals surface area contributed by atoms with Gasteiger partial charge in [-0.3, -0.25) is 14.9 Å². The molecule has 2 N–H and O–H groups in total. The molecule has 2 aromatic carbocycles. The Hall–Kier alpha value is -3.39. The van der Waals surface area contributed by atoms with Crippen molar-refractivity contribution in [2.24, 2.45) is 0 Å². The van der Waals surface area contributed by atoms with E-state index in [-0.39, 0.29) is 10.8 Å². The zero-order valence-corrected chi connectivity index (χ0v) is 20.5. The number of phenolic OH excluding ortho intramolecular Hbond substituents is 1. The average Bonchev–Trinajstić information content (AvgIpc) is 2.88. The summed E-state index contributed by atoms with van der Waals surface area (Å²) in [5, 5.41) is 14.7. The minimum absolute atomic E-state index is 0.0698. The van der Waals surface area contributed by atoms with Crippen molar-refractivity contribution in [3.63, 3.8) is 0 Å². The second-order valence-electron chi connectivity index (χ2n) is 8.76. The molecule has 35 heavy (non-hydrogen) atoms. The van der Waals surface area contributed by atoms with Crippen LogP contribution in [0.25, 0.3) is 22.0 Å². The van der Waals surface area contributed by atoms with E-state index in [1.54, 1.807) is 18.3 Å². The number of fused-ring (bicyclic) bond motifs is 1. The number of nitrogens with zero attached hydrogens (tertiary/aromatic N) is 4. The lowest BCUT2D eigenvalue weighted by molar-refractivity contribution is 0.147. The van der Waals surface area contributed by atoms with Gasteiger partial charge in [-0.25, -0.2) is 0 Å². The van der Waals surface area contributed by atoms with E-state index in [4.69, 9.17) is 16.3 Å². The predicted octanol–water partition coefficient (Wildman–Crippen LogP) is 4.96. The Bertz CT molecular complexity index is 1340. The molecule has 0 amide bonds. The van der Waals surface area contributed by atoms with Crippen LogP contribution in [-0.2, 0) is 6.54 Å². The highest BCUT2D eigenvalue weighted by molar-refractivity contribution is 6.32. The van der Waals surface area contributed by atoms with Crippen molar-refractivity contribution >= 4 is 33.9 Å². The third-order valence-electron chi connectivity index (χ3n) is 6.34. The van der Waals surface area contributed by atoms with Gasteiger partial charge in [-0.2, -0.15) is 0 Å². The van der Waals surface area contributed by atoms with E-state index in [1.165, 1.54) is 7.11 Å². The van der Waals surface area contributed by atoms with Crippen molar-refractivity contribution in [3.8, 4) is 22.6 Å². The van der Waals surface area contributed by atoms with Gasteiger partial charge in [-0.05, 0) is 54.6 Å². The second-order valence-corrected chi connectivity index (χ2v) is 9.17. The Morgan fingerprint density at radius 3 is 2.63 bits per heavy atom. The number of hydrogen-bond donors (Lipinski definition) is 2. The largest absolute Gasteiger partial charge is 0.503 e. The summed E-state index contributed by atoms with van der Waals surface area (Å²) >= 11 is 6.21. The van der Waals surface area contributed by atoms with Crippen LogP contribution in [0.5, 0.6) is 11.5 Å². The summed E-state index contributed by atoms with van der Waals surface area (Å²) in [6.07, 6.45) is 3.53. The molecule has 0 saturated carbocycles. The van der Waals surface area contributed by atoms with E-state index in [0.29, 0.717) is 5.75 Å². The number of aromatic nitrogens is 2. The Morgan fingerprint density at radius 1 is 1.06 bits per heavy atom. The quantitative estimate of drug-likeness (QED) is 0.397. The van der Waals surface area contributed by atoms with Gasteiger partial charge < -0.3 is 20.1 Å². The number of methoxy groups -OCH3 is 1. The van der Waals surface area contributed by atoms with Crippen LogP contribution in [-0.4, -0.2) is 65.2 Å². The number of benzene rings is 2. The van der Waals surface area contributed by atoms with E-state index < -0.39 is 0 Å². The smallest absolute Gasteiger partial charge is 0.176 e. The summed E-state index contributed by atoms with van der Waals surface area (Å²) in [6, 6.07) is 16.8. The number of halogens is 1. The van der Waals surface area contributed by atoms with Crippen LogP contribution >= 0.6 is 11.6 Å². The summed E-state index contributed by atoms with van der Waals surface area (Å²) in [5.74, 6) is 0.256. The zero-order chi connectivity index (χ0) is 24.4. The normalized spacial score (nSPS) is 14.8. The fourth-order valence-corrected chi connectivity index (χ4v) is 4.45. The van der Waals surface area contributed by atoms with Gasteiger partial charge in [0.15, 0.2) is 11.5 Å². The van der Waals surface area contributed by atoms with Gasteiger partial charge in [-0.15, -0.1) is 0 Å². The molecule has 0 unspecified atom stereocenters. The van der Waals surface area contributed by atoms with Crippen LogP contribution < -0.4 is 10.1 Å². The highest BCUT2D eigenvalue weighted by atomic mass is 35.5. The first-order chi connectivity index (χ1) is 17.0. The third kappa shape index (κ3) is 5.17. The Kier molecular flexibility index (Phi) is 6.72. The molecule has 7 nitrogen and oxygen atoms in total. The molecule has 0 atom stereocenters. The Labute approximate surface area is 209 Å². The number of ether oxygens (including phenoxy) is 1. The molecule has 1 aliphatic rings. The van der Waals surface area contributed by atoms with E-state index in [2.05, 4.69) is 44.3 Å². The van der Waals surface area contributed by atoms with Gasteiger partial charge in [0.2, 0.25) is 0 Å². The third-order valence-corrected chi connectivity index (χ3v) is 6.62. The van der Waals surface area contributed by atoms with Crippen molar-refractivity contribution in [1.82, 2.24) is 19.8 Å². The van der Waals surface area contributed by atoms with Crippen LogP contribution in [0.4, 0.5) is 11.4 Å². The summed E-state index contributed by atoms with van der Waals surface area (Å²) in [7, 11) is 3.66. The van der Waals surface area contributed by atoms with Crippen LogP contribution in [0.2, 0.25) is 5.02 Å². The van der Waals surface area contributed by atoms with Gasteiger partial charge in [-0.1, -0.05) is 17.7 Å². The minimum atomic E-state index is -0.0698. The molecule has 179 valence electrons. The maximum Gasteiger partial charge on any atom is 0.176 e. The summed E-state index contributed by atoms with van der Waals surface area (Å²) in [5.41, 5.74) is 5.34. The van der Waals surface area contributed by atoms with E-state index in [1.807, 2.05) is 30.5 Å². The Balaban J connectivity index is 1.38. The molecule has 5 rings (SSSR count). The lowest BCUT2D eigenvalue weighted by Gasteiger charge is -2.32. The SMILES string of the molecule is COc1cc(-c2ccc3nc[c]c(Nc4ccc(CN5CCN(C)CC5)nc4)c3c2)cc(Cl)c1O. The molecule has 1 saturated heterocycles. The number of aromatic hydroxyl groups is 1. The minimum Gasteiger partial charge on any atom is -0.503 e. The van der Waals surface area contributed by atoms with Crippen molar-refractivity contribution in [1.29, 1.82) is 0 Å². The average molecular weight is 489 g/mol. The molecule has 3 heterocycles. The highest BCUT2D eigenvalue weighted by Crippen LogP contribution is 2.39. The molecule has 8 heteroatoms. The number of anilines is 2. The maximum atomic E-state index is 10.1. The number of nitrogens with one attached hydrogen (secondary N) is 1. The topological polar surface area (TPSA) is 73.8 Å². The molecular formula is C27H27ClN5O2. The molecule has 1 aliphatic heterocycles. The number of rotatable bonds is 6. The first-order valence-electron chi connectivity index (χ1n) is 11.5. The zero-order valence-electron chi connectivity index (χ0n) is 19.8. The molecule has 4 aromatic rings. The highest BCUT2D eigenvalue weighted by Gasteiger charge is 2.15. The molecule has 0 bridgehead atoms. The van der Waals surface area contributed by atoms with Gasteiger partial charge in [0.05, 0.1) is 40.9 Å². The van der Waals surface area contributed by atoms with Crippen LogP contribution in [0.1, 0.15) is 5.69 Å². The maximum absolute atomic E-state index is 10.1. The van der Waals surface area contributed by atoms with E-state index >= 15 is 0 Å². The van der Waals surface area contributed by atoms with Crippen LogP contribution in [0.3, 0.4) is 0 Å². The number of phenols is 1. The van der Waals surface area contributed by atoms with Gasteiger partial charge in [0, 0.05) is 50.4 Å². The molecule has 0 spiro atoms. The number of hydrogen-bond acceptors (Lipinski definition) is 7. The summed E-state index contributed by atoms with van der Waals surface area (Å²) < 4.78 is 5.26. The van der Waals surface area contributed by atoms with Crippen molar-refractivity contribution in [2.75, 3.05) is 45.7 Å². The van der Waals surface area contributed by atoms with Gasteiger partial charge in [0.25, 0.3) is 0 Å². The van der Waals surface area contributed by atoms with Crippen LogP contribution in [0, 0.1) is 6.07 Å². The van der Waals surface area contributed by atoms with Gasteiger partial charge in [0.1, 0.15) is 0 Å². The number of likely N-dealkylation sites (N-methyl/N-ethyl adjacent to an activating group) is 1. The molecule has 0 aliphatic carbocycles. The van der Waals surface area contributed by atoms with Crippen molar-refractivity contribution in [2.45, 2.75) is 6.54 Å². The van der Waals surface area contributed by atoms with Crippen LogP contribution in [0.15, 0.2) is 54.9 Å². The first kappa shape index (κ1) is 23.4. The van der Waals surface area contributed by atoms with E-state index in [0.717, 1.165) is 71.8 Å². The summed E-state index contributed by atoms with van der Waals surface area (Å²) in [4.78, 5) is 13.9. The number of pyridine rings is 2. The second kappa shape index (κ2) is 10.1. The fraction of sp³-hybridized carbons (Fsp3) is 0.259. The lowest BCUT2D eigenvalue weighted by Crippen LogP contribution is -2.43. The molecular weight excluding hydrogens is 462 g/mol. The standard InChI is InChI=1S/C27H27ClN5O2/c1-32-9-11-33(12-10-32)17-21-5-4-20(16-30-21)31-25-7-8-29-24-6-3-18(13-22(24)25)19-14-23(28)27(34)26(15-19)35-2/h3-6,8,13-16,34H,9-12,17H2,1-2H3,(H,29,31). The lowest BCUT2D eigenvalue weighted by atomic mass is 10.0. The molecule has 1 radical (unpaired) electrons.